The third-order valence-electron chi connectivity index (χ3n) is 9.44. The minimum Gasteiger partial charge on any atom is -0.507 e. The van der Waals surface area contributed by atoms with Gasteiger partial charge in [0.15, 0.2) is 17.5 Å². The van der Waals surface area contributed by atoms with Gasteiger partial charge in [0.25, 0.3) is 0 Å². The van der Waals surface area contributed by atoms with Gasteiger partial charge < -0.3 is 5.11 Å². The highest BCUT2D eigenvalue weighted by atomic mass is 16.3. The van der Waals surface area contributed by atoms with Gasteiger partial charge in [-0.1, -0.05) is 164 Å². The quantitative estimate of drug-likeness (QED) is 0.194. The number of aromatic hydroxyl groups is 1. The Bertz CT molecular complexity index is 2680. The fourth-order valence-electron chi connectivity index (χ4n) is 6.92. The van der Waals surface area contributed by atoms with E-state index in [1.165, 1.54) is 10.8 Å². The Labute approximate surface area is 296 Å². The molecule has 9 aromatic rings. The van der Waals surface area contributed by atoms with E-state index >= 15 is 0 Å². The molecule has 0 radical (unpaired) electrons. The van der Waals surface area contributed by atoms with Crippen LogP contribution < -0.4 is 0 Å². The Morgan fingerprint density at radius 3 is 1.61 bits per heavy atom. The molecule has 8 aromatic carbocycles. The van der Waals surface area contributed by atoms with E-state index < -0.39 is 0 Å². The second-order valence-corrected chi connectivity index (χ2v) is 12.6. The molecule has 0 aliphatic rings. The first kappa shape index (κ1) is 30.2. The maximum Gasteiger partial charge on any atom is 0.165 e. The first-order chi connectivity index (χ1) is 25.2. The summed E-state index contributed by atoms with van der Waals surface area (Å²) in [7, 11) is 0. The molecule has 240 valence electrons. The first-order valence-corrected chi connectivity index (χ1v) is 17.0. The summed E-state index contributed by atoms with van der Waals surface area (Å²) in [4.78, 5) is 15.4. The van der Waals surface area contributed by atoms with E-state index in [1.54, 1.807) is 6.07 Å². The largest absolute Gasteiger partial charge is 0.507 e. The number of nitrogens with zero attached hydrogens (tertiary/aromatic N) is 3. The molecule has 1 N–H and O–H groups in total. The number of hydrogen-bond donors (Lipinski definition) is 1. The number of phenols is 1. The van der Waals surface area contributed by atoms with Gasteiger partial charge in [-0.05, 0) is 67.6 Å². The van der Waals surface area contributed by atoms with Crippen LogP contribution in [0.3, 0.4) is 0 Å². The lowest BCUT2D eigenvalue weighted by atomic mass is 9.88. The lowest BCUT2D eigenvalue weighted by Crippen LogP contribution is -2.02. The summed E-state index contributed by atoms with van der Waals surface area (Å²) in [6, 6.07) is 61.7. The minimum absolute atomic E-state index is 0.156. The standard InChI is InChI=1S/C47H31N3O/c51-42-29-28-41(40-21-11-19-33-13-9-10-20-39(33)40)44(43(42)34-14-3-1-4-15-34)47-49-45(35-16-5-2-6-17-35)48-46(50-47)36-25-22-32(23-26-36)38-27-24-31-12-7-8-18-37(31)30-38/h1-30,51H. The lowest BCUT2D eigenvalue weighted by molar-refractivity contribution is 0.477. The van der Waals surface area contributed by atoms with Crippen molar-refractivity contribution in [2.75, 3.05) is 0 Å². The highest BCUT2D eigenvalue weighted by Gasteiger charge is 2.23. The molecular formula is C47H31N3O. The molecule has 0 spiro atoms. The van der Waals surface area contributed by atoms with Gasteiger partial charge in [0.05, 0.1) is 0 Å². The maximum absolute atomic E-state index is 11.6. The van der Waals surface area contributed by atoms with Crippen molar-refractivity contribution >= 4 is 21.5 Å². The summed E-state index contributed by atoms with van der Waals surface area (Å²) >= 11 is 0. The molecule has 4 heteroatoms. The maximum atomic E-state index is 11.6. The molecule has 0 amide bonds. The van der Waals surface area contributed by atoms with Gasteiger partial charge in [-0.2, -0.15) is 0 Å². The zero-order valence-corrected chi connectivity index (χ0v) is 27.6. The van der Waals surface area contributed by atoms with Crippen LogP contribution >= 0.6 is 0 Å². The highest BCUT2D eigenvalue weighted by molar-refractivity contribution is 6.04. The average molecular weight is 654 g/mol. The van der Waals surface area contributed by atoms with Gasteiger partial charge in [-0.25, -0.2) is 15.0 Å². The molecule has 51 heavy (non-hydrogen) atoms. The van der Waals surface area contributed by atoms with Crippen LogP contribution in [-0.4, -0.2) is 20.1 Å². The average Bonchev–Trinajstić information content (AvgIpc) is 3.21. The normalized spacial score (nSPS) is 11.2. The number of benzene rings is 8. The van der Waals surface area contributed by atoms with Crippen molar-refractivity contribution in [3.8, 4) is 73.3 Å². The Hall–Kier alpha value is -6.91. The summed E-state index contributed by atoms with van der Waals surface area (Å²) in [6.07, 6.45) is 0. The molecule has 1 heterocycles. The molecule has 0 unspecified atom stereocenters. The van der Waals surface area contributed by atoms with Crippen LogP contribution in [0.15, 0.2) is 182 Å². The van der Waals surface area contributed by atoms with E-state index in [-0.39, 0.29) is 5.75 Å². The van der Waals surface area contributed by atoms with Gasteiger partial charge >= 0.3 is 0 Å². The van der Waals surface area contributed by atoms with Crippen molar-refractivity contribution in [3.05, 3.63) is 182 Å². The topological polar surface area (TPSA) is 58.9 Å². The van der Waals surface area contributed by atoms with E-state index in [0.717, 1.165) is 55.3 Å². The highest BCUT2D eigenvalue weighted by Crippen LogP contribution is 2.45. The number of phenolic OH excluding ortho intramolecular Hbond substituents is 1. The zero-order chi connectivity index (χ0) is 34.1. The molecule has 4 nitrogen and oxygen atoms in total. The molecular weight excluding hydrogens is 623 g/mol. The van der Waals surface area contributed by atoms with Crippen molar-refractivity contribution in [2.24, 2.45) is 0 Å². The monoisotopic (exact) mass is 653 g/mol. The van der Waals surface area contributed by atoms with Crippen molar-refractivity contribution in [1.29, 1.82) is 0 Å². The van der Waals surface area contributed by atoms with Crippen LogP contribution in [0.25, 0.3) is 89.1 Å². The zero-order valence-electron chi connectivity index (χ0n) is 27.6. The summed E-state index contributed by atoms with van der Waals surface area (Å²) in [5.74, 6) is 1.74. The molecule has 0 atom stereocenters. The SMILES string of the molecule is Oc1ccc(-c2cccc3ccccc23)c(-c2nc(-c3ccccc3)nc(-c3ccc(-c4ccc5ccccc5c4)cc3)n2)c1-c1ccccc1. The van der Waals surface area contributed by atoms with E-state index in [2.05, 4.69) is 109 Å². The van der Waals surface area contributed by atoms with Crippen molar-refractivity contribution in [3.63, 3.8) is 0 Å². The van der Waals surface area contributed by atoms with Gasteiger partial charge in [-0.3, -0.25) is 0 Å². The summed E-state index contributed by atoms with van der Waals surface area (Å²) in [5.41, 5.74) is 8.24. The minimum atomic E-state index is 0.156. The van der Waals surface area contributed by atoms with Gasteiger partial charge in [0.1, 0.15) is 5.75 Å². The van der Waals surface area contributed by atoms with E-state index in [4.69, 9.17) is 15.0 Å². The predicted molar refractivity (Wildman–Crippen MR) is 209 cm³/mol. The van der Waals surface area contributed by atoms with Gasteiger partial charge in [0.2, 0.25) is 0 Å². The molecule has 0 bridgehead atoms. The molecule has 0 fully saturated rings. The van der Waals surface area contributed by atoms with E-state index in [1.807, 2.05) is 66.7 Å². The number of fused-ring (bicyclic) bond motifs is 2. The van der Waals surface area contributed by atoms with Crippen molar-refractivity contribution in [2.45, 2.75) is 0 Å². The smallest absolute Gasteiger partial charge is 0.165 e. The Balaban J connectivity index is 1.27. The van der Waals surface area contributed by atoms with Crippen LogP contribution in [0, 0.1) is 0 Å². The number of hydrogen-bond acceptors (Lipinski definition) is 4. The third-order valence-corrected chi connectivity index (χ3v) is 9.44. The van der Waals surface area contributed by atoms with Crippen molar-refractivity contribution in [1.82, 2.24) is 15.0 Å². The molecule has 9 rings (SSSR count). The first-order valence-electron chi connectivity index (χ1n) is 17.0. The Kier molecular flexibility index (Phi) is 7.60. The summed E-state index contributed by atoms with van der Waals surface area (Å²) < 4.78 is 0. The Morgan fingerprint density at radius 1 is 0.314 bits per heavy atom. The van der Waals surface area contributed by atoms with Crippen LogP contribution in [0.1, 0.15) is 0 Å². The van der Waals surface area contributed by atoms with Crippen LogP contribution in [-0.2, 0) is 0 Å². The molecule has 0 saturated carbocycles. The fraction of sp³-hybridized carbons (Fsp3) is 0. The number of aromatic nitrogens is 3. The van der Waals surface area contributed by atoms with Crippen molar-refractivity contribution < 1.29 is 5.11 Å². The van der Waals surface area contributed by atoms with Crippen LogP contribution in [0.5, 0.6) is 5.75 Å². The van der Waals surface area contributed by atoms with Crippen LogP contribution in [0.2, 0.25) is 0 Å². The molecule has 0 aliphatic heterocycles. The van der Waals surface area contributed by atoms with Crippen LogP contribution in [0.4, 0.5) is 0 Å². The third kappa shape index (κ3) is 5.69. The second kappa shape index (κ2) is 12.8. The summed E-state index contributed by atoms with van der Waals surface area (Å²) in [6.45, 7) is 0. The molecule has 1 aromatic heterocycles. The number of rotatable bonds is 6. The van der Waals surface area contributed by atoms with E-state index in [9.17, 15) is 5.11 Å². The summed E-state index contributed by atoms with van der Waals surface area (Å²) in [5, 5.41) is 16.3. The van der Waals surface area contributed by atoms with Gasteiger partial charge in [-0.15, -0.1) is 0 Å². The van der Waals surface area contributed by atoms with E-state index in [0.29, 0.717) is 23.0 Å². The lowest BCUT2D eigenvalue weighted by Gasteiger charge is -2.18. The second-order valence-electron chi connectivity index (χ2n) is 12.6. The Morgan fingerprint density at radius 2 is 0.863 bits per heavy atom. The predicted octanol–water partition coefficient (Wildman–Crippen LogP) is 11.9. The molecule has 0 aliphatic carbocycles. The fourth-order valence-corrected chi connectivity index (χ4v) is 6.92. The van der Waals surface area contributed by atoms with Gasteiger partial charge in [0, 0.05) is 22.3 Å². The molecule has 0 saturated heterocycles.